The number of carbonyl (C=O) groups excluding carboxylic acids is 1. The lowest BCUT2D eigenvalue weighted by Gasteiger charge is -2.40. The van der Waals surface area contributed by atoms with Crippen LogP contribution in [-0.4, -0.2) is 104 Å². The van der Waals surface area contributed by atoms with Gasteiger partial charge in [0.25, 0.3) is 21.6 Å². The van der Waals surface area contributed by atoms with Crippen molar-refractivity contribution in [3.05, 3.63) is 111 Å². The van der Waals surface area contributed by atoms with Crippen LogP contribution in [0.4, 0.5) is 17.1 Å². The fourth-order valence-corrected chi connectivity index (χ4v) is 10.3. The first-order valence-electron chi connectivity index (χ1n) is 20.1. The Morgan fingerprint density at radius 1 is 1.07 bits per heavy atom. The summed E-state index contributed by atoms with van der Waals surface area (Å²) in [5, 5.41) is 16.8. The Hall–Kier alpha value is -5.26. The summed E-state index contributed by atoms with van der Waals surface area (Å²) in [4.78, 5) is 39.4. The second kappa shape index (κ2) is 16.4. The number of sulfonamides is 1. The molecule has 2 bridgehead atoms. The van der Waals surface area contributed by atoms with Crippen molar-refractivity contribution in [2.45, 2.75) is 55.2 Å². The highest BCUT2D eigenvalue weighted by molar-refractivity contribution is 7.90. The maximum Gasteiger partial charge on any atom is 0.293 e. The van der Waals surface area contributed by atoms with Gasteiger partial charge < -0.3 is 24.7 Å². The molecule has 0 saturated carbocycles. The third-order valence-corrected chi connectivity index (χ3v) is 13.7. The molecule has 3 aliphatic heterocycles. The molecular weight excluding hydrogens is 796 g/mol. The second-order valence-electron chi connectivity index (χ2n) is 15.6. The molecule has 3 unspecified atom stereocenters. The number of nitro groups is 1. The number of morpholine rings is 1. The van der Waals surface area contributed by atoms with E-state index in [1.54, 1.807) is 30.5 Å². The maximum atomic E-state index is 13.9. The molecule has 308 valence electrons. The molecule has 59 heavy (non-hydrogen) atoms. The monoisotopic (exact) mass is 840 g/mol. The highest BCUT2D eigenvalue weighted by Crippen LogP contribution is 2.38. The van der Waals surface area contributed by atoms with E-state index >= 15 is 0 Å². The number of nitro benzene ring substituents is 1. The van der Waals surface area contributed by atoms with Gasteiger partial charge in [-0.2, -0.15) is 0 Å². The number of pyridine rings is 1. The van der Waals surface area contributed by atoms with Crippen LogP contribution in [0, 0.1) is 10.1 Å². The molecule has 0 spiro atoms. The van der Waals surface area contributed by atoms with Crippen LogP contribution in [0.5, 0.6) is 11.5 Å². The van der Waals surface area contributed by atoms with Gasteiger partial charge in [0.15, 0.2) is 0 Å². The number of benzene rings is 3. The Morgan fingerprint density at radius 2 is 1.93 bits per heavy atom. The minimum atomic E-state index is -4.55. The summed E-state index contributed by atoms with van der Waals surface area (Å²) in [5.74, 6) is -0.470. The third kappa shape index (κ3) is 8.19. The molecule has 4 aliphatic rings. The van der Waals surface area contributed by atoms with Crippen molar-refractivity contribution in [1.82, 2.24) is 24.5 Å². The van der Waals surface area contributed by atoms with Gasteiger partial charge in [0.1, 0.15) is 22.8 Å². The normalized spacial score (nSPS) is 21.0. The number of halogens is 1. The Balaban J connectivity index is 0.929. The van der Waals surface area contributed by atoms with Crippen LogP contribution in [0.25, 0.3) is 11.0 Å². The lowest BCUT2D eigenvalue weighted by Crippen LogP contribution is -2.47. The molecule has 3 saturated heterocycles. The molecule has 3 fully saturated rings. The Morgan fingerprint density at radius 3 is 2.73 bits per heavy atom. The van der Waals surface area contributed by atoms with Crippen LogP contribution in [-0.2, 0) is 21.2 Å². The van der Waals surface area contributed by atoms with Gasteiger partial charge in [-0.3, -0.25) is 24.7 Å². The molecule has 9 rings (SSSR count). The highest BCUT2D eigenvalue weighted by atomic mass is 35.5. The van der Waals surface area contributed by atoms with E-state index in [-0.39, 0.29) is 29.1 Å². The molecule has 0 radical (unpaired) electrons. The molecule has 17 heteroatoms. The first kappa shape index (κ1) is 39.2. The largest absolute Gasteiger partial charge is 0.455 e. The Bertz CT molecular complexity index is 2510. The molecular formula is C42H45ClN8O7S. The number of aromatic amines is 1. The number of anilines is 2. The number of piperazine rings is 1. The summed E-state index contributed by atoms with van der Waals surface area (Å²) >= 11 is 6.65. The van der Waals surface area contributed by atoms with Crippen molar-refractivity contribution in [3.8, 4) is 11.5 Å². The first-order valence-corrected chi connectivity index (χ1v) is 21.9. The number of aromatic nitrogens is 2. The summed E-state index contributed by atoms with van der Waals surface area (Å²) in [7, 11) is -4.55. The van der Waals surface area contributed by atoms with Crippen molar-refractivity contribution in [2.75, 3.05) is 62.6 Å². The van der Waals surface area contributed by atoms with E-state index in [1.165, 1.54) is 29.5 Å². The fourth-order valence-electron chi connectivity index (χ4n) is 9.00. The Kier molecular flexibility index (Phi) is 10.9. The fraction of sp³-hybridized carbons (Fsp3) is 0.381. The number of fused-ring (bicyclic) bond motifs is 4. The molecule has 3 atom stereocenters. The number of nitrogens with one attached hydrogen (secondary N) is 3. The SMILES string of the molecule is O=C(NS(=O)(=O)c1ccc(NCCN2CC3CC2CO3)c([N+](=O)[O-])c1)c1ccc(N2CCN(C3CCCCc4c(Cl)cccc43)CC2)cc1Oc1cnc2[nH]ccc2c1. The van der Waals surface area contributed by atoms with Gasteiger partial charge in [-0.15, -0.1) is 0 Å². The zero-order valence-electron chi connectivity index (χ0n) is 32.3. The standard InChI is InChI=1S/C42H45ClN8O7S/c43-36-6-3-5-34-33(36)4-1-2-7-38(34)49-18-16-48(17-19-49)28-8-10-35(40(22-28)58-30-20-27-12-13-45-41(27)46-24-30)42(52)47-59(55,56)32-9-11-37(39(23-32)51(53)54)44-14-15-50-25-31-21-29(50)26-57-31/h3,5-6,8-13,20,22-24,29,31,38,44H,1-2,4,7,14-19,21,25-26H2,(H,45,46)(H,47,52). The molecule has 3 N–H and O–H groups in total. The topological polar surface area (TPSA) is 175 Å². The number of ether oxygens (including phenoxy) is 2. The van der Waals surface area contributed by atoms with E-state index < -0.39 is 31.4 Å². The molecule has 2 aromatic heterocycles. The summed E-state index contributed by atoms with van der Waals surface area (Å²) < 4.78 is 41.4. The van der Waals surface area contributed by atoms with Crippen LogP contribution < -0.4 is 19.7 Å². The lowest BCUT2D eigenvalue weighted by molar-refractivity contribution is -0.384. The first-order chi connectivity index (χ1) is 28.6. The summed E-state index contributed by atoms with van der Waals surface area (Å²) in [5.41, 5.74) is 3.77. The van der Waals surface area contributed by atoms with Gasteiger partial charge in [-0.25, -0.2) is 18.1 Å². The number of H-pyrrole nitrogens is 1. The number of likely N-dealkylation sites (tertiary alicyclic amines) is 1. The minimum Gasteiger partial charge on any atom is -0.455 e. The minimum absolute atomic E-state index is 0.0362. The van der Waals surface area contributed by atoms with E-state index in [4.69, 9.17) is 21.1 Å². The molecule has 5 aromatic rings. The van der Waals surface area contributed by atoms with Gasteiger partial charge >= 0.3 is 0 Å². The van der Waals surface area contributed by atoms with Gasteiger partial charge in [0.05, 0.1) is 34.3 Å². The maximum absolute atomic E-state index is 13.9. The lowest BCUT2D eigenvalue weighted by atomic mass is 9.97. The van der Waals surface area contributed by atoms with Crippen molar-refractivity contribution in [1.29, 1.82) is 0 Å². The van der Waals surface area contributed by atoms with Crippen molar-refractivity contribution in [2.24, 2.45) is 0 Å². The van der Waals surface area contributed by atoms with Gasteiger partial charge in [-0.05, 0) is 79.3 Å². The summed E-state index contributed by atoms with van der Waals surface area (Å²) in [6.45, 7) is 5.68. The predicted octanol–water partition coefficient (Wildman–Crippen LogP) is 6.51. The third-order valence-electron chi connectivity index (χ3n) is 12.0. The predicted molar refractivity (Wildman–Crippen MR) is 224 cm³/mol. The number of nitrogens with zero attached hydrogens (tertiary/aromatic N) is 5. The van der Waals surface area contributed by atoms with Crippen LogP contribution in [0.1, 0.15) is 53.2 Å². The zero-order chi connectivity index (χ0) is 40.7. The van der Waals surface area contributed by atoms with Crippen LogP contribution in [0.15, 0.2) is 84.0 Å². The van der Waals surface area contributed by atoms with Crippen molar-refractivity contribution >= 4 is 55.6 Å². The van der Waals surface area contributed by atoms with E-state index in [0.29, 0.717) is 37.1 Å². The summed E-state index contributed by atoms with van der Waals surface area (Å²) in [6.07, 6.45) is 8.81. The molecule has 15 nitrogen and oxygen atoms in total. The van der Waals surface area contributed by atoms with E-state index in [0.717, 1.165) is 87.0 Å². The quantitative estimate of drug-likeness (QED) is 0.0707. The van der Waals surface area contributed by atoms with Crippen LogP contribution in [0.2, 0.25) is 5.02 Å². The highest BCUT2D eigenvalue weighted by Gasteiger charge is 2.38. The van der Waals surface area contributed by atoms with Gasteiger partial charge in [0.2, 0.25) is 0 Å². The number of hydrogen-bond acceptors (Lipinski definition) is 12. The van der Waals surface area contributed by atoms with Gasteiger partial charge in [-0.1, -0.05) is 30.2 Å². The van der Waals surface area contributed by atoms with E-state index in [1.807, 2.05) is 18.2 Å². The van der Waals surface area contributed by atoms with Crippen LogP contribution >= 0.6 is 11.6 Å². The van der Waals surface area contributed by atoms with E-state index in [9.17, 15) is 23.3 Å². The summed E-state index contributed by atoms with van der Waals surface area (Å²) in [6, 6.07) is 19.1. The number of hydrogen-bond donors (Lipinski definition) is 3. The second-order valence-corrected chi connectivity index (χ2v) is 17.7. The average Bonchev–Trinajstić information content (AvgIpc) is 3.96. The molecule has 3 aromatic carbocycles. The smallest absolute Gasteiger partial charge is 0.293 e. The van der Waals surface area contributed by atoms with Crippen LogP contribution in [0.3, 0.4) is 0 Å². The zero-order valence-corrected chi connectivity index (χ0v) is 33.9. The average molecular weight is 841 g/mol. The van der Waals surface area contributed by atoms with E-state index in [2.05, 4.69) is 40.8 Å². The Labute approximate surface area is 346 Å². The molecule has 1 amide bonds. The molecule has 5 heterocycles. The number of rotatable bonds is 12. The van der Waals surface area contributed by atoms with Crippen molar-refractivity contribution in [3.63, 3.8) is 0 Å². The molecule has 1 aliphatic carbocycles. The van der Waals surface area contributed by atoms with Crippen molar-refractivity contribution < 1.29 is 27.6 Å². The van der Waals surface area contributed by atoms with Gasteiger partial charge in [0, 0.05) is 92.3 Å². The number of amides is 1. The number of carbonyl (C=O) groups is 1.